The number of hydrogen-bond acceptors (Lipinski definition) is 4. The van der Waals surface area contributed by atoms with Crippen molar-refractivity contribution in [3.05, 3.63) is 47.5 Å². The minimum Gasteiger partial charge on any atom is -0.464 e. The Hall–Kier alpha value is -2.30. The Morgan fingerprint density at radius 1 is 1.29 bits per heavy atom. The van der Waals surface area contributed by atoms with Crippen molar-refractivity contribution in [2.45, 2.75) is 33.2 Å². The molecule has 0 saturated carbocycles. The summed E-state index contributed by atoms with van der Waals surface area (Å²) in [6.45, 7) is 6.52. The molecule has 0 radical (unpaired) electrons. The molecule has 0 aromatic carbocycles. The lowest BCUT2D eigenvalue weighted by Gasteiger charge is -2.30. The second-order valence-corrected chi connectivity index (χ2v) is 6.75. The molecule has 0 aliphatic carbocycles. The molecule has 2 aromatic rings. The number of furan rings is 1. The Morgan fingerprint density at radius 2 is 2.04 bits per heavy atom. The van der Waals surface area contributed by atoms with Crippen molar-refractivity contribution in [2.24, 2.45) is 5.92 Å². The molecule has 1 saturated heterocycles. The molecule has 0 unspecified atom stereocenters. The monoisotopic (exact) mass is 327 g/mol. The van der Waals surface area contributed by atoms with Gasteiger partial charge in [-0.1, -0.05) is 6.92 Å². The van der Waals surface area contributed by atoms with Gasteiger partial charge in [-0.25, -0.2) is 4.98 Å². The summed E-state index contributed by atoms with van der Waals surface area (Å²) in [5.41, 5.74) is 0.663. The Kier molecular flexibility index (Phi) is 4.88. The fraction of sp³-hybridized carbons (Fsp3) is 0.474. The van der Waals surface area contributed by atoms with Gasteiger partial charge in [-0.3, -0.25) is 4.79 Å². The molecule has 1 fully saturated rings. The first kappa shape index (κ1) is 16.6. The molecular formula is C19H25N3O2. The van der Waals surface area contributed by atoms with Gasteiger partial charge in [-0.15, -0.1) is 0 Å². The molecule has 1 amide bonds. The zero-order valence-electron chi connectivity index (χ0n) is 14.7. The molecule has 3 heterocycles. The van der Waals surface area contributed by atoms with E-state index in [0.717, 1.165) is 43.3 Å². The first-order valence-electron chi connectivity index (χ1n) is 8.54. The number of piperidine rings is 1. The summed E-state index contributed by atoms with van der Waals surface area (Å²) in [4.78, 5) is 20.9. The van der Waals surface area contributed by atoms with E-state index in [4.69, 9.17) is 4.42 Å². The molecule has 24 heavy (non-hydrogen) atoms. The summed E-state index contributed by atoms with van der Waals surface area (Å²) in [5.74, 6) is 3.44. The fourth-order valence-electron chi connectivity index (χ4n) is 3.02. The number of carbonyl (C=O) groups excluding carboxylic acids is 1. The minimum atomic E-state index is 0.0882. The van der Waals surface area contributed by atoms with Gasteiger partial charge in [0.15, 0.2) is 0 Å². The van der Waals surface area contributed by atoms with Gasteiger partial charge in [0.2, 0.25) is 0 Å². The van der Waals surface area contributed by atoms with Crippen LogP contribution in [0.15, 0.2) is 34.9 Å². The molecule has 0 spiro atoms. The average molecular weight is 327 g/mol. The molecule has 1 aliphatic heterocycles. The molecule has 3 rings (SSSR count). The molecule has 5 heteroatoms. The van der Waals surface area contributed by atoms with Crippen molar-refractivity contribution in [3.8, 4) is 0 Å². The Bertz CT molecular complexity index is 685. The third kappa shape index (κ3) is 3.78. The number of pyridine rings is 1. The lowest BCUT2D eigenvalue weighted by molar-refractivity contribution is 0.0697. The first-order chi connectivity index (χ1) is 11.5. The standard InChI is InChI=1S/C19H25N3O2/c1-14-8-10-22(11-9-14)19(23)16-5-7-18(20-12-16)21(3)13-17-6-4-15(2)24-17/h4-7,12,14H,8-11,13H2,1-3H3. The van der Waals surface area contributed by atoms with E-state index in [1.165, 1.54) is 0 Å². The average Bonchev–Trinajstić information content (AvgIpc) is 3.00. The maximum Gasteiger partial charge on any atom is 0.255 e. The van der Waals surface area contributed by atoms with E-state index in [1.807, 2.05) is 48.0 Å². The number of aromatic nitrogens is 1. The number of rotatable bonds is 4. The van der Waals surface area contributed by atoms with E-state index in [2.05, 4.69) is 11.9 Å². The van der Waals surface area contributed by atoms with Crippen molar-refractivity contribution in [2.75, 3.05) is 25.0 Å². The molecule has 2 aromatic heterocycles. The zero-order chi connectivity index (χ0) is 17.1. The zero-order valence-corrected chi connectivity index (χ0v) is 14.7. The van der Waals surface area contributed by atoms with Crippen LogP contribution in [0, 0.1) is 12.8 Å². The van der Waals surface area contributed by atoms with Crippen LogP contribution in [-0.4, -0.2) is 35.9 Å². The predicted octanol–water partition coefficient (Wildman–Crippen LogP) is 3.49. The summed E-state index contributed by atoms with van der Waals surface area (Å²) < 4.78 is 5.60. The van der Waals surface area contributed by atoms with Crippen molar-refractivity contribution in [3.63, 3.8) is 0 Å². The molecule has 128 valence electrons. The molecule has 5 nitrogen and oxygen atoms in total. The maximum absolute atomic E-state index is 12.5. The summed E-state index contributed by atoms with van der Waals surface area (Å²) in [6, 6.07) is 7.70. The Labute approximate surface area is 143 Å². The van der Waals surface area contributed by atoms with Gasteiger partial charge in [0.05, 0.1) is 12.1 Å². The van der Waals surface area contributed by atoms with Crippen LogP contribution in [0.3, 0.4) is 0 Å². The fourth-order valence-corrected chi connectivity index (χ4v) is 3.02. The highest BCUT2D eigenvalue weighted by atomic mass is 16.3. The summed E-state index contributed by atoms with van der Waals surface area (Å²) in [7, 11) is 1.97. The first-order valence-corrected chi connectivity index (χ1v) is 8.54. The number of anilines is 1. The number of aryl methyl sites for hydroxylation is 1. The van der Waals surface area contributed by atoms with E-state index in [0.29, 0.717) is 18.0 Å². The van der Waals surface area contributed by atoms with Gasteiger partial charge in [-0.2, -0.15) is 0 Å². The third-order valence-electron chi connectivity index (χ3n) is 4.65. The van der Waals surface area contributed by atoms with Crippen molar-refractivity contribution in [1.29, 1.82) is 0 Å². The van der Waals surface area contributed by atoms with Crippen LogP contribution < -0.4 is 4.90 Å². The van der Waals surface area contributed by atoms with Crippen LogP contribution in [-0.2, 0) is 6.54 Å². The van der Waals surface area contributed by atoms with Crippen LogP contribution >= 0.6 is 0 Å². The maximum atomic E-state index is 12.5. The van der Waals surface area contributed by atoms with E-state index in [9.17, 15) is 4.79 Å². The molecule has 1 aliphatic rings. The van der Waals surface area contributed by atoms with Gasteiger partial charge in [-0.05, 0) is 49.9 Å². The third-order valence-corrected chi connectivity index (χ3v) is 4.65. The second-order valence-electron chi connectivity index (χ2n) is 6.75. The SMILES string of the molecule is Cc1ccc(CN(C)c2ccc(C(=O)N3CCC(C)CC3)cn2)o1. The second kappa shape index (κ2) is 7.07. The van der Waals surface area contributed by atoms with Crippen LogP contribution in [0.1, 0.15) is 41.6 Å². The molecule has 0 N–H and O–H groups in total. The van der Waals surface area contributed by atoms with Crippen molar-refractivity contribution >= 4 is 11.7 Å². The van der Waals surface area contributed by atoms with Crippen LogP contribution in [0.4, 0.5) is 5.82 Å². The predicted molar refractivity (Wildman–Crippen MR) is 94.1 cm³/mol. The Balaban J connectivity index is 1.63. The number of amides is 1. The number of carbonyl (C=O) groups is 1. The van der Waals surface area contributed by atoms with E-state index in [-0.39, 0.29) is 5.91 Å². The summed E-state index contributed by atoms with van der Waals surface area (Å²) in [5, 5.41) is 0. The normalized spacial score (nSPS) is 15.5. The molecule has 0 atom stereocenters. The van der Waals surface area contributed by atoms with Crippen molar-refractivity contribution in [1.82, 2.24) is 9.88 Å². The van der Waals surface area contributed by atoms with Gasteiger partial charge in [0.25, 0.3) is 5.91 Å². The highest BCUT2D eigenvalue weighted by Gasteiger charge is 2.21. The molecule has 0 bridgehead atoms. The van der Waals surface area contributed by atoms with Crippen LogP contribution in [0.2, 0.25) is 0 Å². The summed E-state index contributed by atoms with van der Waals surface area (Å²) >= 11 is 0. The highest BCUT2D eigenvalue weighted by Crippen LogP contribution is 2.19. The van der Waals surface area contributed by atoms with Gasteiger partial charge >= 0.3 is 0 Å². The number of nitrogens with zero attached hydrogens (tertiary/aromatic N) is 3. The van der Waals surface area contributed by atoms with Crippen molar-refractivity contribution < 1.29 is 9.21 Å². The summed E-state index contributed by atoms with van der Waals surface area (Å²) in [6.07, 6.45) is 3.85. The lowest BCUT2D eigenvalue weighted by Crippen LogP contribution is -2.37. The quantitative estimate of drug-likeness (QED) is 0.862. The molecular weight excluding hydrogens is 302 g/mol. The number of hydrogen-bond donors (Lipinski definition) is 0. The van der Waals surface area contributed by atoms with Gasteiger partial charge in [0, 0.05) is 26.3 Å². The van der Waals surface area contributed by atoms with Crippen LogP contribution in [0.25, 0.3) is 0 Å². The highest BCUT2D eigenvalue weighted by molar-refractivity contribution is 5.94. The largest absolute Gasteiger partial charge is 0.464 e. The van der Waals surface area contributed by atoms with Gasteiger partial charge < -0.3 is 14.2 Å². The minimum absolute atomic E-state index is 0.0882. The van der Waals surface area contributed by atoms with E-state index < -0.39 is 0 Å². The van der Waals surface area contributed by atoms with Crippen LogP contribution in [0.5, 0.6) is 0 Å². The smallest absolute Gasteiger partial charge is 0.255 e. The van der Waals surface area contributed by atoms with E-state index >= 15 is 0 Å². The Morgan fingerprint density at radius 3 is 2.62 bits per heavy atom. The van der Waals surface area contributed by atoms with E-state index in [1.54, 1.807) is 6.20 Å². The van der Waals surface area contributed by atoms with Gasteiger partial charge in [0.1, 0.15) is 17.3 Å². The number of likely N-dealkylation sites (tertiary alicyclic amines) is 1. The topological polar surface area (TPSA) is 49.6 Å². The lowest BCUT2D eigenvalue weighted by atomic mass is 9.99.